The van der Waals surface area contributed by atoms with Crippen LogP contribution in [0.4, 0.5) is 4.79 Å². The van der Waals surface area contributed by atoms with Gasteiger partial charge in [0.25, 0.3) is 0 Å². The van der Waals surface area contributed by atoms with Gasteiger partial charge in [-0.2, -0.15) is 0 Å². The molecule has 0 aromatic heterocycles. The summed E-state index contributed by atoms with van der Waals surface area (Å²) in [4.78, 5) is 15.8. The lowest BCUT2D eigenvalue weighted by atomic mass is 10.1. The van der Waals surface area contributed by atoms with Gasteiger partial charge >= 0.3 is 6.09 Å². The van der Waals surface area contributed by atoms with Gasteiger partial charge < -0.3 is 14.4 Å². The molecule has 2 aliphatic heterocycles. The van der Waals surface area contributed by atoms with Crippen molar-refractivity contribution in [3.63, 3.8) is 0 Å². The third-order valence-corrected chi connectivity index (χ3v) is 3.18. The number of likely N-dealkylation sites (tertiary alicyclic amines) is 1. The van der Waals surface area contributed by atoms with Gasteiger partial charge in [0.2, 0.25) is 0 Å². The molecule has 1 amide bonds. The number of amides is 1. The smallest absolute Gasteiger partial charge is 0.410 e. The average molecular weight is 268 g/mol. The first-order valence-electron chi connectivity index (χ1n) is 6.90. The van der Waals surface area contributed by atoms with Crippen molar-refractivity contribution < 1.29 is 14.3 Å². The number of nitrogens with zero attached hydrogens (tertiary/aromatic N) is 2. The van der Waals surface area contributed by atoms with Gasteiger partial charge in [0.05, 0.1) is 13.2 Å². The van der Waals surface area contributed by atoms with Crippen molar-refractivity contribution in [2.24, 2.45) is 0 Å². The quantitative estimate of drug-likeness (QED) is 0.712. The molecule has 108 valence electrons. The molecule has 0 unspecified atom stereocenters. The molecule has 5 nitrogen and oxygen atoms in total. The van der Waals surface area contributed by atoms with Crippen molar-refractivity contribution in [1.29, 1.82) is 0 Å². The van der Waals surface area contributed by atoms with Gasteiger partial charge in [0.1, 0.15) is 5.60 Å². The van der Waals surface area contributed by atoms with Crippen molar-refractivity contribution in [1.82, 2.24) is 9.80 Å². The highest BCUT2D eigenvalue weighted by molar-refractivity contribution is 5.70. The summed E-state index contributed by atoms with van der Waals surface area (Å²) in [5.41, 5.74) is 0.905. The Morgan fingerprint density at radius 3 is 2.53 bits per heavy atom. The van der Waals surface area contributed by atoms with Crippen LogP contribution in [0.5, 0.6) is 0 Å². The Kier molecular flexibility index (Phi) is 4.47. The van der Waals surface area contributed by atoms with E-state index in [0.717, 1.165) is 32.8 Å². The summed E-state index contributed by atoms with van der Waals surface area (Å²) in [5.74, 6) is 0. The van der Waals surface area contributed by atoms with Gasteiger partial charge in [-0.25, -0.2) is 4.79 Å². The molecule has 2 rings (SSSR count). The van der Waals surface area contributed by atoms with Crippen LogP contribution in [0.25, 0.3) is 0 Å². The lowest BCUT2D eigenvalue weighted by Gasteiger charge is -2.36. The Hall–Kier alpha value is -1.07. The first-order chi connectivity index (χ1) is 8.94. The van der Waals surface area contributed by atoms with Crippen LogP contribution in [-0.4, -0.2) is 67.4 Å². The molecule has 2 aliphatic rings. The SMILES string of the molecule is CC(C)(C)OC(=O)N1CC(=CCN2CCOCC2)C1. The minimum Gasteiger partial charge on any atom is -0.444 e. The minimum atomic E-state index is -0.412. The van der Waals surface area contributed by atoms with Crippen LogP contribution < -0.4 is 0 Å². The topological polar surface area (TPSA) is 42.0 Å². The lowest BCUT2D eigenvalue weighted by molar-refractivity contribution is 0.0211. The number of ether oxygens (including phenoxy) is 2. The molecule has 0 radical (unpaired) electrons. The van der Waals surface area contributed by atoms with Gasteiger partial charge in [0, 0.05) is 32.7 Å². The zero-order valence-corrected chi connectivity index (χ0v) is 12.1. The molecule has 5 heteroatoms. The van der Waals surface area contributed by atoms with E-state index in [2.05, 4.69) is 11.0 Å². The normalized spacial score (nSPS) is 21.0. The number of carbonyl (C=O) groups excluding carboxylic acids is 1. The van der Waals surface area contributed by atoms with E-state index in [1.807, 2.05) is 20.8 Å². The van der Waals surface area contributed by atoms with E-state index in [-0.39, 0.29) is 6.09 Å². The minimum absolute atomic E-state index is 0.212. The van der Waals surface area contributed by atoms with Gasteiger partial charge in [-0.05, 0) is 26.3 Å². The molecule has 0 aromatic rings. The maximum atomic E-state index is 11.7. The number of carbonyl (C=O) groups is 1. The first kappa shape index (κ1) is 14.3. The first-order valence-corrected chi connectivity index (χ1v) is 6.90. The summed E-state index contributed by atoms with van der Waals surface area (Å²) in [6.07, 6.45) is 2.02. The van der Waals surface area contributed by atoms with Crippen molar-refractivity contribution in [3.05, 3.63) is 11.6 Å². The molecule has 19 heavy (non-hydrogen) atoms. The molecule has 0 aliphatic carbocycles. The fourth-order valence-corrected chi connectivity index (χ4v) is 2.07. The molecule has 0 saturated carbocycles. The largest absolute Gasteiger partial charge is 0.444 e. The molecule has 2 saturated heterocycles. The van der Waals surface area contributed by atoms with E-state index in [4.69, 9.17) is 9.47 Å². The summed E-state index contributed by atoms with van der Waals surface area (Å²) in [5, 5.41) is 0. The number of morpholine rings is 1. The van der Waals surface area contributed by atoms with Crippen LogP contribution in [-0.2, 0) is 9.47 Å². The Morgan fingerprint density at radius 2 is 1.95 bits per heavy atom. The maximum Gasteiger partial charge on any atom is 0.410 e. The van der Waals surface area contributed by atoms with E-state index >= 15 is 0 Å². The molecule has 0 atom stereocenters. The summed E-state index contributed by atoms with van der Waals surface area (Å²) in [6.45, 7) is 11.7. The third-order valence-electron chi connectivity index (χ3n) is 3.18. The van der Waals surface area contributed by atoms with Gasteiger partial charge in [-0.3, -0.25) is 4.90 Å². The van der Waals surface area contributed by atoms with E-state index in [1.54, 1.807) is 4.90 Å². The molecule has 0 N–H and O–H groups in total. The molecule has 0 bridgehead atoms. The van der Waals surface area contributed by atoms with Crippen molar-refractivity contribution >= 4 is 6.09 Å². The van der Waals surface area contributed by atoms with Crippen LogP contribution in [0.15, 0.2) is 11.6 Å². The summed E-state index contributed by atoms with van der Waals surface area (Å²) in [7, 11) is 0. The van der Waals surface area contributed by atoms with Crippen LogP contribution in [0.2, 0.25) is 0 Å². The maximum absolute atomic E-state index is 11.7. The molecular weight excluding hydrogens is 244 g/mol. The fourth-order valence-electron chi connectivity index (χ4n) is 2.07. The van der Waals surface area contributed by atoms with Crippen LogP contribution in [0, 0.1) is 0 Å². The number of hydrogen-bond acceptors (Lipinski definition) is 4. The van der Waals surface area contributed by atoms with E-state index < -0.39 is 5.60 Å². The van der Waals surface area contributed by atoms with Crippen molar-refractivity contribution in [2.75, 3.05) is 45.9 Å². The molecule has 2 heterocycles. The average Bonchev–Trinajstić information content (AvgIpc) is 2.25. The highest BCUT2D eigenvalue weighted by Gasteiger charge is 2.29. The predicted octanol–water partition coefficient (Wildman–Crippen LogP) is 1.50. The number of rotatable bonds is 2. The van der Waals surface area contributed by atoms with E-state index in [9.17, 15) is 4.79 Å². The molecule has 0 spiro atoms. The Bertz CT molecular complexity index is 346. The summed E-state index contributed by atoms with van der Waals surface area (Å²) >= 11 is 0. The van der Waals surface area contributed by atoms with Gasteiger partial charge in [0.15, 0.2) is 0 Å². The summed E-state index contributed by atoms with van der Waals surface area (Å²) < 4.78 is 10.6. The van der Waals surface area contributed by atoms with Gasteiger partial charge in [-0.1, -0.05) is 6.08 Å². The predicted molar refractivity (Wildman–Crippen MR) is 73.1 cm³/mol. The van der Waals surface area contributed by atoms with E-state index in [1.165, 1.54) is 5.57 Å². The van der Waals surface area contributed by atoms with Crippen LogP contribution in [0.1, 0.15) is 20.8 Å². The third kappa shape index (κ3) is 4.51. The second-order valence-electron chi connectivity index (χ2n) is 6.11. The second kappa shape index (κ2) is 5.92. The number of hydrogen-bond donors (Lipinski definition) is 0. The highest BCUT2D eigenvalue weighted by atomic mass is 16.6. The summed E-state index contributed by atoms with van der Waals surface area (Å²) in [6, 6.07) is 0. The highest BCUT2D eigenvalue weighted by Crippen LogP contribution is 2.18. The Balaban J connectivity index is 1.69. The van der Waals surface area contributed by atoms with Crippen LogP contribution >= 0.6 is 0 Å². The zero-order chi connectivity index (χ0) is 13.9. The molecule has 0 aromatic carbocycles. The van der Waals surface area contributed by atoms with E-state index in [0.29, 0.717) is 13.1 Å². The van der Waals surface area contributed by atoms with Crippen molar-refractivity contribution in [2.45, 2.75) is 26.4 Å². The second-order valence-corrected chi connectivity index (χ2v) is 6.11. The Morgan fingerprint density at radius 1 is 1.32 bits per heavy atom. The lowest BCUT2D eigenvalue weighted by Crippen LogP contribution is -2.47. The Labute approximate surface area is 115 Å². The monoisotopic (exact) mass is 268 g/mol. The molecule has 2 fully saturated rings. The van der Waals surface area contributed by atoms with Gasteiger partial charge in [-0.15, -0.1) is 0 Å². The standard InChI is InChI=1S/C14H24N2O3/c1-14(2,3)19-13(17)16-10-12(11-16)4-5-15-6-8-18-9-7-15/h4H,5-11H2,1-3H3. The van der Waals surface area contributed by atoms with Crippen LogP contribution in [0.3, 0.4) is 0 Å². The fraction of sp³-hybridized carbons (Fsp3) is 0.786. The van der Waals surface area contributed by atoms with Crippen molar-refractivity contribution in [3.8, 4) is 0 Å². The molecular formula is C14H24N2O3. The zero-order valence-electron chi connectivity index (χ0n) is 12.1.